The largest absolute Gasteiger partial charge is 0.410 e. The molecular weight excluding hydrogens is 196 g/mol. The number of carbonyl (C=O) groups is 1. The van der Waals surface area contributed by atoms with Crippen LogP contribution in [0.5, 0.6) is 0 Å². The zero-order valence-corrected chi connectivity index (χ0v) is 7.49. The summed E-state index contributed by atoms with van der Waals surface area (Å²) in [4.78, 5) is 14.6. The molecule has 0 radical (unpaired) electrons. The van der Waals surface area contributed by atoms with Crippen LogP contribution in [-0.2, 0) is 0 Å². The lowest BCUT2D eigenvalue weighted by molar-refractivity contribution is 0.131. The normalized spacial score (nSPS) is 11.4. The number of carbonyl (C=O) groups excluding carboxylic acids is 1. The first kappa shape index (κ1) is 9.53. The van der Waals surface area contributed by atoms with E-state index in [1.807, 2.05) is 0 Å². The van der Waals surface area contributed by atoms with Crippen molar-refractivity contribution in [1.82, 2.24) is 15.3 Å². The summed E-state index contributed by atoms with van der Waals surface area (Å²) in [5, 5.41) is 14.9. The minimum Gasteiger partial charge on any atom is -0.410 e. The molecule has 0 bridgehead atoms. The molecule has 1 heterocycles. The van der Waals surface area contributed by atoms with Gasteiger partial charge in [0.2, 0.25) is 0 Å². The average molecular weight is 203 g/mol. The second-order valence-corrected chi connectivity index (χ2v) is 2.46. The molecule has 0 aromatic carbocycles. The van der Waals surface area contributed by atoms with Gasteiger partial charge in [-0.1, -0.05) is 16.4 Å². The van der Waals surface area contributed by atoms with E-state index in [4.69, 9.17) is 16.8 Å². The molecule has 0 saturated heterocycles. The Balaban J connectivity index is 3.15. The summed E-state index contributed by atoms with van der Waals surface area (Å²) in [6.45, 7) is 0. The van der Waals surface area contributed by atoms with Gasteiger partial charge in [0.05, 0.1) is 0 Å². The van der Waals surface area contributed by atoms with E-state index in [-0.39, 0.29) is 10.6 Å². The van der Waals surface area contributed by atoms with Gasteiger partial charge in [-0.05, 0) is 12.1 Å². The predicted octanol–water partition coefficient (Wildman–Crippen LogP) is 0.0139. The second-order valence-electron chi connectivity index (χ2n) is 2.07. The first-order chi connectivity index (χ1) is 6.13. The van der Waals surface area contributed by atoms with Crippen LogP contribution in [0.3, 0.4) is 0 Å². The number of nitrogens with one attached hydrogen (secondary N) is 1. The number of halogens is 1. The molecule has 1 rings (SSSR count). The number of rotatable bonds is 0. The summed E-state index contributed by atoms with van der Waals surface area (Å²) in [6, 6.07) is 2.20. The molecule has 0 saturated carbocycles. The Labute approximate surface area is 78.4 Å². The Bertz CT molecular complexity index is 386. The van der Waals surface area contributed by atoms with E-state index in [2.05, 4.69) is 15.4 Å². The molecule has 0 spiro atoms. The first-order valence-electron chi connectivity index (χ1n) is 3.35. The molecular formula is C6H7ClN4O2. The quantitative estimate of drug-likeness (QED) is 0.582. The molecule has 0 fully saturated rings. The van der Waals surface area contributed by atoms with Crippen molar-refractivity contribution in [3.05, 3.63) is 22.8 Å². The van der Waals surface area contributed by atoms with Crippen LogP contribution in [0.4, 0.5) is 4.79 Å². The molecule has 13 heavy (non-hydrogen) atoms. The maximum absolute atomic E-state index is 10.8. The van der Waals surface area contributed by atoms with Crippen LogP contribution < -0.4 is 10.8 Å². The standard InChI is InChI=1S/C6H7ClN4O2/c1-8-6(12)9-5-3-2-4(7)10-11(5)13/h2-3,13H,1H3,(H,8,12)/b9-5-. The van der Waals surface area contributed by atoms with Gasteiger partial charge < -0.3 is 10.5 Å². The molecule has 2 amide bonds. The van der Waals surface area contributed by atoms with Crippen LogP contribution in [0, 0.1) is 0 Å². The number of amides is 2. The van der Waals surface area contributed by atoms with Gasteiger partial charge in [-0.3, -0.25) is 0 Å². The van der Waals surface area contributed by atoms with Gasteiger partial charge in [0, 0.05) is 7.05 Å². The van der Waals surface area contributed by atoms with Gasteiger partial charge in [0.25, 0.3) is 0 Å². The fourth-order valence-electron chi connectivity index (χ4n) is 0.627. The highest BCUT2D eigenvalue weighted by atomic mass is 35.5. The van der Waals surface area contributed by atoms with E-state index in [1.165, 1.54) is 19.2 Å². The average Bonchev–Trinajstić information content (AvgIpc) is 2.09. The Morgan fingerprint density at radius 2 is 2.46 bits per heavy atom. The van der Waals surface area contributed by atoms with Crippen molar-refractivity contribution in [1.29, 1.82) is 0 Å². The molecule has 0 aliphatic heterocycles. The van der Waals surface area contributed by atoms with Gasteiger partial charge in [-0.2, -0.15) is 4.99 Å². The predicted molar refractivity (Wildman–Crippen MR) is 44.4 cm³/mol. The third-order valence-corrected chi connectivity index (χ3v) is 1.40. The molecule has 6 nitrogen and oxygen atoms in total. The number of aromatic nitrogens is 2. The summed E-state index contributed by atoms with van der Waals surface area (Å²) >= 11 is 5.45. The number of nitrogens with zero attached hydrogens (tertiary/aromatic N) is 3. The van der Waals surface area contributed by atoms with E-state index in [0.29, 0.717) is 4.85 Å². The molecule has 0 aliphatic rings. The number of urea groups is 1. The van der Waals surface area contributed by atoms with Crippen molar-refractivity contribution in [2.45, 2.75) is 0 Å². The molecule has 1 aromatic rings. The maximum atomic E-state index is 10.8. The molecule has 70 valence electrons. The van der Waals surface area contributed by atoms with Gasteiger partial charge >= 0.3 is 6.03 Å². The Hall–Kier alpha value is -1.56. The fraction of sp³-hybridized carbons (Fsp3) is 0.167. The Morgan fingerprint density at radius 3 is 3.00 bits per heavy atom. The van der Waals surface area contributed by atoms with Gasteiger partial charge in [0.15, 0.2) is 10.6 Å². The summed E-state index contributed by atoms with van der Waals surface area (Å²) < 4.78 is 0. The highest BCUT2D eigenvalue weighted by Gasteiger charge is 1.96. The van der Waals surface area contributed by atoms with Crippen LogP contribution in [0.25, 0.3) is 0 Å². The SMILES string of the molecule is CNC(=O)/N=c1/ccc(Cl)nn1O. The van der Waals surface area contributed by atoms with Crippen LogP contribution >= 0.6 is 11.6 Å². The minimum absolute atomic E-state index is 0.00347. The monoisotopic (exact) mass is 202 g/mol. The van der Waals surface area contributed by atoms with Crippen LogP contribution in [0.1, 0.15) is 0 Å². The minimum atomic E-state index is -0.577. The molecule has 2 N–H and O–H groups in total. The van der Waals surface area contributed by atoms with E-state index in [1.54, 1.807) is 0 Å². The molecule has 1 aromatic heterocycles. The van der Waals surface area contributed by atoms with E-state index >= 15 is 0 Å². The lowest BCUT2D eigenvalue weighted by atomic mass is 10.6. The second kappa shape index (κ2) is 3.90. The molecule has 7 heteroatoms. The van der Waals surface area contributed by atoms with Crippen LogP contribution in [0.2, 0.25) is 5.15 Å². The van der Waals surface area contributed by atoms with Crippen molar-refractivity contribution in [3.8, 4) is 0 Å². The maximum Gasteiger partial charge on any atom is 0.342 e. The van der Waals surface area contributed by atoms with Gasteiger partial charge in [0.1, 0.15) is 0 Å². The highest BCUT2D eigenvalue weighted by Crippen LogP contribution is 1.96. The van der Waals surface area contributed by atoms with Crippen molar-refractivity contribution in [2.75, 3.05) is 7.05 Å². The first-order valence-corrected chi connectivity index (χ1v) is 3.73. The van der Waals surface area contributed by atoms with Crippen molar-refractivity contribution >= 4 is 17.6 Å². The molecule has 0 atom stereocenters. The van der Waals surface area contributed by atoms with Crippen molar-refractivity contribution in [2.24, 2.45) is 4.99 Å². The summed E-state index contributed by atoms with van der Waals surface area (Å²) in [5.41, 5.74) is 0.00347. The van der Waals surface area contributed by atoms with Gasteiger partial charge in [-0.15, -0.1) is 5.10 Å². The van der Waals surface area contributed by atoms with Crippen molar-refractivity contribution in [3.63, 3.8) is 0 Å². The zero-order chi connectivity index (χ0) is 9.84. The number of hydrogen-bond acceptors (Lipinski definition) is 3. The van der Waals surface area contributed by atoms with Gasteiger partial charge in [-0.25, -0.2) is 4.79 Å². The van der Waals surface area contributed by atoms with E-state index in [0.717, 1.165) is 0 Å². The smallest absolute Gasteiger partial charge is 0.342 e. The lowest BCUT2D eigenvalue weighted by Crippen LogP contribution is -2.25. The molecule has 0 aliphatic carbocycles. The lowest BCUT2D eigenvalue weighted by Gasteiger charge is -1.96. The molecule has 0 unspecified atom stereocenters. The summed E-state index contributed by atoms with van der Waals surface area (Å²) in [7, 11) is 1.43. The van der Waals surface area contributed by atoms with E-state index < -0.39 is 6.03 Å². The number of hydrogen-bond donors (Lipinski definition) is 2. The zero-order valence-electron chi connectivity index (χ0n) is 6.73. The Kier molecular flexibility index (Phi) is 2.86. The van der Waals surface area contributed by atoms with Crippen molar-refractivity contribution < 1.29 is 10.0 Å². The fourth-order valence-corrected chi connectivity index (χ4v) is 0.762. The summed E-state index contributed by atoms with van der Waals surface area (Å²) in [6.07, 6.45) is 0. The van der Waals surface area contributed by atoms with Crippen LogP contribution in [0.15, 0.2) is 17.1 Å². The summed E-state index contributed by atoms with van der Waals surface area (Å²) in [5.74, 6) is 0. The third-order valence-electron chi connectivity index (χ3n) is 1.20. The van der Waals surface area contributed by atoms with Crippen LogP contribution in [-0.4, -0.2) is 28.2 Å². The Morgan fingerprint density at radius 1 is 1.77 bits per heavy atom. The van der Waals surface area contributed by atoms with E-state index in [9.17, 15) is 4.79 Å². The topological polar surface area (TPSA) is 79.5 Å². The highest BCUT2D eigenvalue weighted by molar-refractivity contribution is 6.29. The third kappa shape index (κ3) is 2.45.